The fraction of sp³-hybridized carbons (Fsp3) is 0.846. The summed E-state index contributed by atoms with van der Waals surface area (Å²) < 4.78 is 4.50. The van der Waals surface area contributed by atoms with Crippen molar-refractivity contribution in [2.24, 2.45) is 5.73 Å². The fourth-order valence-electron chi connectivity index (χ4n) is 2.38. The van der Waals surface area contributed by atoms with Gasteiger partial charge in [0, 0.05) is 35.6 Å². The minimum atomic E-state index is 0.0222. The molecule has 1 aliphatic rings. The molecule has 0 spiro atoms. The molecule has 1 aromatic heterocycles. The summed E-state index contributed by atoms with van der Waals surface area (Å²) in [5, 5.41) is 1.04. The van der Waals surface area contributed by atoms with E-state index in [9.17, 15) is 0 Å². The maximum Gasteiger partial charge on any atom is 0.205 e. The predicted octanol–water partition coefficient (Wildman–Crippen LogP) is 2.54. The topological polar surface area (TPSA) is 55.0 Å². The minimum Gasteiger partial charge on any atom is -0.342 e. The van der Waals surface area contributed by atoms with Crippen LogP contribution in [0.5, 0.6) is 0 Å². The van der Waals surface area contributed by atoms with Gasteiger partial charge in [-0.3, -0.25) is 0 Å². The molecule has 0 aliphatic carbocycles. The normalized spacial score (nSPS) is 23.2. The maximum absolute atomic E-state index is 6.10. The molecule has 0 amide bonds. The second-order valence-electron chi connectivity index (χ2n) is 6.27. The molecule has 1 aromatic rings. The lowest BCUT2D eigenvalue weighted by atomic mass is 9.96. The average molecular weight is 268 g/mol. The highest BCUT2D eigenvalue weighted by Crippen LogP contribution is 2.30. The molecular weight excluding hydrogens is 244 g/mol. The van der Waals surface area contributed by atoms with E-state index in [0.717, 1.165) is 17.5 Å². The van der Waals surface area contributed by atoms with Gasteiger partial charge in [0.15, 0.2) is 0 Å². The first-order chi connectivity index (χ1) is 8.39. The molecule has 2 N–H and O–H groups in total. The van der Waals surface area contributed by atoms with Crippen LogP contribution in [0.15, 0.2) is 0 Å². The molecule has 2 unspecified atom stereocenters. The second kappa shape index (κ2) is 5.13. The lowest BCUT2D eigenvalue weighted by Crippen LogP contribution is -2.49. The highest BCUT2D eigenvalue weighted by Gasteiger charge is 2.29. The molecule has 4 nitrogen and oxygen atoms in total. The summed E-state index contributed by atoms with van der Waals surface area (Å²) in [6.07, 6.45) is 3.67. The monoisotopic (exact) mass is 268 g/mol. The van der Waals surface area contributed by atoms with Gasteiger partial charge < -0.3 is 10.6 Å². The first-order valence-corrected chi connectivity index (χ1v) is 7.53. The largest absolute Gasteiger partial charge is 0.342 e. The number of hydrogen-bond acceptors (Lipinski definition) is 5. The summed E-state index contributed by atoms with van der Waals surface area (Å²) in [7, 11) is 0. The molecular formula is C13H24N4S. The first kappa shape index (κ1) is 13.7. The van der Waals surface area contributed by atoms with Crippen molar-refractivity contribution in [2.75, 3.05) is 11.4 Å². The lowest BCUT2D eigenvalue weighted by molar-refractivity contribution is 0.412. The number of rotatable bonds is 2. The summed E-state index contributed by atoms with van der Waals surface area (Å²) in [6, 6.07) is 0.604. The van der Waals surface area contributed by atoms with Crippen molar-refractivity contribution in [3.8, 4) is 0 Å². The van der Waals surface area contributed by atoms with Gasteiger partial charge in [0.25, 0.3) is 0 Å². The Kier molecular flexibility index (Phi) is 3.92. The van der Waals surface area contributed by atoms with Gasteiger partial charge in [-0.25, -0.2) is 4.98 Å². The maximum atomic E-state index is 6.10. The highest BCUT2D eigenvalue weighted by atomic mass is 32.1. The number of piperidine rings is 1. The van der Waals surface area contributed by atoms with Crippen LogP contribution in [0.25, 0.3) is 0 Å². The van der Waals surface area contributed by atoms with Crippen LogP contribution in [0.1, 0.15) is 52.8 Å². The van der Waals surface area contributed by atoms with Gasteiger partial charge in [-0.1, -0.05) is 20.8 Å². The Morgan fingerprint density at radius 3 is 2.67 bits per heavy atom. The summed E-state index contributed by atoms with van der Waals surface area (Å²) in [4.78, 5) is 7.08. The van der Waals surface area contributed by atoms with Crippen LogP contribution in [0.2, 0.25) is 0 Å². The zero-order valence-corrected chi connectivity index (χ0v) is 12.6. The number of anilines is 1. The van der Waals surface area contributed by atoms with Crippen molar-refractivity contribution in [2.45, 2.75) is 64.5 Å². The molecule has 2 rings (SSSR count). The van der Waals surface area contributed by atoms with Gasteiger partial charge in [-0.15, -0.1) is 0 Å². The van der Waals surface area contributed by atoms with Gasteiger partial charge in [-0.2, -0.15) is 4.37 Å². The van der Waals surface area contributed by atoms with Crippen LogP contribution in [0.4, 0.5) is 5.13 Å². The van der Waals surface area contributed by atoms with E-state index in [-0.39, 0.29) is 11.5 Å². The predicted molar refractivity (Wildman–Crippen MR) is 77.2 cm³/mol. The van der Waals surface area contributed by atoms with E-state index < -0.39 is 0 Å². The molecule has 18 heavy (non-hydrogen) atoms. The Morgan fingerprint density at radius 1 is 1.39 bits per heavy atom. The molecule has 2 atom stereocenters. The van der Waals surface area contributed by atoms with Crippen molar-refractivity contribution in [1.82, 2.24) is 9.36 Å². The summed E-state index contributed by atoms with van der Waals surface area (Å²) in [5.74, 6) is 0.941. The molecule has 102 valence electrons. The molecule has 1 fully saturated rings. The van der Waals surface area contributed by atoms with Crippen LogP contribution in [0, 0.1) is 0 Å². The molecule has 0 aromatic carbocycles. The molecule has 0 saturated carbocycles. The number of nitrogens with two attached hydrogens (primary N) is 1. The Balaban J connectivity index is 2.21. The van der Waals surface area contributed by atoms with E-state index in [1.54, 1.807) is 0 Å². The van der Waals surface area contributed by atoms with E-state index in [4.69, 9.17) is 10.7 Å². The van der Waals surface area contributed by atoms with Crippen molar-refractivity contribution >= 4 is 16.7 Å². The van der Waals surface area contributed by atoms with E-state index >= 15 is 0 Å². The third-order valence-corrected chi connectivity index (χ3v) is 4.24. The third kappa shape index (κ3) is 2.83. The van der Waals surface area contributed by atoms with Crippen molar-refractivity contribution in [3.05, 3.63) is 5.82 Å². The zero-order chi connectivity index (χ0) is 13.3. The SMILES string of the molecule is CC(N)C1CCCCN1c1nc(C(C)(C)C)ns1. The van der Waals surface area contributed by atoms with Crippen LogP contribution in [-0.2, 0) is 5.41 Å². The van der Waals surface area contributed by atoms with Gasteiger partial charge in [0.05, 0.1) is 0 Å². The van der Waals surface area contributed by atoms with Crippen molar-refractivity contribution < 1.29 is 0 Å². The molecule has 2 heterocycles. The quantitative estimate of drug-likeness (QED) is 0.895. The minimum absolute atomic E-state index is 0.0222. The summed E-state index contributed by atoms with van der Waals surface area (Å²) in [6.45, 7) is 9.61. The van der Waals surface area contributed by atoms with Crippen LogP contribution < -0.4 is 10.6 Å². The molecule has 1 saturated heterocycles. The van der Waals surface area contributed by atoms with Gasteiger partial charge in [0.1, 0.15) is 5.82 Å². The Labute approximate surface area is 114 Å². The van der Waals surface area contributed by atoms with E-state index in [2.05, 4.69) is 37.0 Å². The summed E-state index contributed by atoms with van der Waals surface area (Å²) in [5.41, 5.74) is 6.12. The van der Waals surface area contributed by atoms with Gasteiger partial charge >= 0.3 is 0 Å². The Hall–Kier alpha value is -0.680. The van der Waals surface area contributed by atoms with Gasteiger partial charge in [0.2, 0.25) is 5.13 Å². The van der Waals surface area contributed by atoms with Crippen molar-refractivity contribution in [3.63, 3.8) is 0 Å². The Morgan fingerprint density at radius 2 is 2.11 bits per heavy atom. The second-order valence-corrected chi connectivity index (χ2v) is 7.00. The highest BCUT2D eigenvalue weighted by molar-refractivity contribution is 7.09. The molecule has 5 heteroatoms. The van der Waals surface area contributed by atoms with Crippen LogP contribution in [0.3, 0.4) is 0 Å². The molecule has 0 bridgehead atoms. The average Bonchev–Trinajstić information content (AvgIpc) is 2.77. The zero-order valence-electron chi connectivity index (χ0n) is 11.8. The van der Waals surface area contributed by atoms with E-state index in [1.807, 2.05) is 0 Å². The number of hydrogen-bond donors (Lipinski definition) is 1. The van der Waals surface area contributed by atoms with E-state index in [1.165, 1.54) is 30.8 Å². The third-order valence-electron chi connectivity index (χ3n) is 3.49. The number of aromatic nitrogens is 2. The molecule has 0 radical (unpaired) electrons. The van der Waals surface area contributed by atoms with Crippen LogP contribution >= 0.6 is 11.5 Å². The fourth-order valence-corrected chi connectivity index (χ4v) is 3.32. The molecule has 1 aliphatic heterocycles. The van der Waals surface area contributed by atoms with Gasteiger partial charge in [-0.05, 0) is 26.2 Å². The Bertz CT molecular complexity index is 394. The van der Waals surface area contributed by atoms with Crippen LogP contribution in [-0.4, -0.2) is 28.0 Å². The first-order valence-electron chi connectivity index (χ1n) is 6.76. The smallest absolute Gasteiger partial charge is 0.205 e. The van der Waals surface area contributed by atoms with E-state index in [0.29, 0.717) is 6.04 Å². The standard InChI is InChI=1S/C13H24N4S/c1-9(14)10-7-5-6-8-17(10)12-15-11(16-18-12)13(2,3)4/h9-10H,5-8,14H2,1-4H3. The lowest BCUT2D eigenvalue weighted by Gasteiger charge is -2.37. The summed E-state index contributed by atoms with van der Waals surface area (Å²) >= 11 is 1.51. The number of nitrogens with zero attached hydrogens (tertiary/aromatic N) is 3. The van der Waals surface area contributed by atoms with Crippen molar-refractivity contribution in [1.29, 1.82) is 0 Å².